The molecule has 3 aliphatic rings. The fraction of sp³-hybridized carbons (Fsp3) is 0.484. The number of nitrogens with zero attached hydrogens (tertiary/aromatic N) is 4. The Morgan fingerprint density at radius 2 is 1.71 bits per heavy atom. The Bertz CT molecular complexity index is 1430. The van der Waals surface area contributed by atoms with Crippen LogP contribution in [-0.2, 0) is 28.3 Å². The summed E-state index contributed by atoms with van der Waals surface area (Å²) >= 11 is 0. The van der Waals surface area contributed by atoms with Gasteiger partial charge in [-0.2, -0.15) is 26.3 Å². The molecule has 3 heterocycles. The number of benzene rings is 2. The number of nitrogens with one attached hydrogen (secondary N) is 1. The van der Waals surface area contributed by atoms with Crippen molar-refractivity contribution in [2.24, 2.45) is 10.9 Å². The SMILES string of the molecule is CC(=O)N1CCCN(C2C=C(c3ccccc3C)N(O)C(Cc3cc(C(F)(F)F)cc(C(F)(F)F)c3)C3CNCN=C3O2)CC1. The van der Waals surface area contributed by atoms with Crippen molar-refractivity contribution in [3.05, 3.63) is 76.4 Å². The van der Waals surface area contributed by atoms with Crippen LogP contribution in [0.5, 0.6) is 0 Å². The molecule has 1 saturated heterocycles. The molecule has 2 aromatic rings. The normalized spacial score (nSPS) is 23.6. The third kappa shape index (κ3) is 7.45. The van der Waals surface area contributed by atoms with Crippen molar-refractivity contribution in [1.29, 1.82) is 0 Å². The average molecular weight is 640 g/mol. The van der Waals surface area contributed by atoms with Gasteiger partial charge in [0.2, 0.25) is 5.91 Å². The van der Waals surface area contributed by atoms with Gasteiger partial charge in [-0.25, -0.2) is 4.99 Å². The van der Waals surface area contributed by atoms with Crippen molar-refractivity contribution < 1.29 is 41.1 Å². The van der Waals surface area contributed by atoms with Gasteiger partial charge in [0.15, 0.2) is 12.1 Å². The molecule has 14 heteroatoms. The highest BCUT2D eigenvalue weighted by Gasteiger charge is 2.42. The van der Waals surface area contributed by atoms with Gasteiger partial charge in [0.1, 0.15) is 0 Å². The topological polar surface area (TPSA) is 80.6 Å². The molecule has 0 saturated carbocycles. The second kappa shape index (κ2) is 13.0. The van der Waals surface area contributed by atoms with Gasteiger partial charge >= 0.3 is 12.4 Å². The Morgan fingerprint density at radius 3 is 2.36 bits per heavy atom. The molecule has 244 valence electrons. The van der Waals surface area contributed by atoms with Crippen molar-refractivity contribution in [2.45, 2.75) is 51.3 Å². The highest BCUT2D eigenvalue weighted by atomic mass is 19.4. The van der Waals surface area contributed by atoms with Gasteiger partial charge < -0.3 is 9.64 Å². The number of ether oxygens (including phenoxy) is 1. The molecule has 0 aliphatic carbocycles. The van der Waals surface area contributed by atoms with Crippen molar-refractivity contribution in [3.63, 3.8) is 0 Å². The monoisotopic (exact) mass is 639 g/mol. The summed E-state index contributed by atoms with van der Waals surface area (Å²) in [5.41, 5.74) is -1.40. The number of aliphatic imine (C=N–C) groups is 1. The van der Waals surface area contributed by atoms with E-state index in [1.54, 1.807) is 23.1 Å². The molecule has 2 aromatic carbocycles. The summed E-state index contributed by atoms with van der Waals surface area (Å²) < 4.78 is 88.8. The second-order valence-electron chi connectivity index (χ2n) is 11.5. The van der Waals surface area contributed by atoms with Crippen LogP contribution in [0.2, 0.25) is 0 Å². The Hall–Kier alpha value is -3.62. The van der Waals surface area contributed by atoms with Gasteiger partial charge in [-0.05, 0) is 55.2 Å². The Morgan fingerprint density at radius 1 is 1.02 bits per heavy atom. The van der Waals surface area contributed by atoms with Crippen LogP contribution in [-0.4, -0.2) is 83.5 Å². The minimum absolute atomic E-state index is 0.0398. The predicted octanol–water partition coefficient (Wildman–Crippen LogP) is 5.16. The van der Waals surface area contributed by atoms with E-state index in [1.807, 2.05) is 24.0 Å². The van der Waals surface area contributed by atoms with Crippen LogP contribution < -0.4 is 5.32 Å². The molecular weight excluding hydrogens is 604 g/mol. The standard InChI is InChI=1S/C31H35F6N5O3/c1-19-6-3-4-7-24(19)27-16-28(41-9-5-8-40(10-11-41)20(2)43)45-29-25(17-38-18-39-29)26(42(27)44)14-21-12-22(30(32,33)34)15-23(13-21)31(35,36)37/h3-4,6-7,12-13,15-16,25-26,28,38,44H,5,8-11,14,17-18H2,1-2H3. The first-order chi connectivity index (χ1) is 21.2. The number of carbonyl (C=O) groups is 1. The summed E-state index contributed by atoms with van der Waals surface area (Å²) in [6, 6.07) is 7.62. The van der Waals surface area contributed by atoms with Crippen LogP contribution in [0.25, 0.3) is 5.70 Å². The Kier molecular flexibility index (Phi) is 9.47. The number of carbonyl (C=O) groups excluding carboxylic acids is 1. The molecule has 0 spiro atoms. The van der Waals surface area contributed by atoms with Gasteiger partial charge in [0.25, 0.3) is 0 Å². The number of hydrogen-bond acceptors (Lipinski definition) is 7. The van der Waals surface area contributed by atoms with E-state index in [2.05, 4.69) is 10.3 Å². The molecule has 3 atom stereocenters. The lowest BCUT2D eigenvalue weighted by atomic mass is 9.89. The van der Waals surface area contributed by atoms with Crippen LogP contribution in [0.3, 0.4) is 0 Å². The first kappa shape index (κ1) is 32.8. The van der Waals surface area contributed by atoms with Gasteiger partial charge in [0.05, 0.1) is 35.5 Å². The summed E-state index contributed by atoms with van der Waals surface area (Å²) in [6.45, 7) is 5.82. The first-order valence-electron chi connectivity index (χ1n) is 14.7. The van der Waals surface area contributed by atoms with E-state index in [1.165, 1.54) is 6.92 Å². The highest BCUT2D eigenvalue weighted by molar-refractivity contribution is 5.82. The molecule has 3 unspecified atom stereocenters. The van der Waals surface area contributed by atoms with Gasteiger partial charge in [0, 0.05) is 45.2 Å². The summed E-state index contributed by atoms with van der Waals surface area (Å²) in [5.74, 6) is -0.538. The van der Waals surface area contributed by atoms with Crippen LogP contribution in [0, 0.1) is 12.8 Å². The number of halogens is 6. The molecule has 3 aliphatic heterocycles. The number of amides is 1. The third-order valence-corrected chi connectivity index (χ3v) is 8.44. The molecule has 8 nitrogen and oxygen atoms in total. The van der Waals surface area contributed by atoms with E-state index in [9.17, 15) is 36.3 Å². The molecule has 2 N–H and O–H groups in total. The lowest BCUT2D eigenvalue weighted by Crippen LogP contribution is -2.53. The largest absolute Gasteiger partial charge is 0.458 e. The van der Waals surface area contributed by atoms with E-state index in [0.29, 0.717) is 56.0 Å². The number of hydrogen-bond donors (Lipinski definition) is 2. The van der Waals surface area contributed by atoms with E-state index in [4.69, 9.17) is 4.74 Å². The van der Waals surface area contributed by atoms with Gasteiger partial charge in [-0.1, -0.05) is 24.3 Å². The maximum Gasteiger partial charge on any atom is 0.416 e. The number of alkyl halides is 6. The Balaban J connectivity index is 1.60. The minimum Gasteiger partial charge on any atom is -0.458 e. The van der Waals surface area contributed by atoms with Gasteiger partial charge in [-0.3, -0.25) is 25.3 Å². The quantitative estimate of drug-likeness (QED) is 0.450. The van der Waals surface area contributed by atoms with Crippen molar-refractivity contribution in [2.75, 3.05) is 39.4 Å². The summed E-state index contributed by atoms with van der Waals surface area (Å²) in [5, 5.41) is 16.0. The molecule has 1 amide bonds. The fourth-order valence-electron chi connectivity index (χ4n) is 6.07. The van der Waals surface area contributed by atoms with Crippen molar-refractivity contribution in [3.8, 4) is 0 Å². The summed E-state index contributed by atoms with van der Waals surface area (Å²) in [4.78, 5) is 20.3. The highest BCUT2D eigenvalue weighted by Crippen LogP contribution is 2.38. The number of aryl methyl sites for hydroxylation is 1. The molecular formula is C31H35F6N5O3. The number of hydroxylamine groups is 2. The number of fused-ring (bicyclic) bond motifs is 1. The maximum absolute atomic E-state index is 13.7. The van der Waals surface area contributed by atoms with Crippen LogP contribution in [0.15, 0.2) is 53.5 Å². The van der Waals surface area contributed by atoms with Crippen LogP contribution >= 0.6 is 0 Å². The fourth-order valence-corrected chi connectivity index (χ4v) is 6.07. The smallest absolute Gasteiger partial charge is 0.416 e. The lowest BCUT2D eigenvalue weighted by Gasteiger charge is -2.42. The van der Waals surface area contributed by atoms with E-state index < -0.39 is 41.7 Å². The second-order valence-corrected chi connectivity index (χ2v) is 11.5. The zero-order chi connectivity index (χ0) is 32.5. The molecule has 0 aromatic heterocycles. The number of rotatable bonds is 4. The summed E-state index contributed by atoms with van der Waals surface area (Å²) in [7, 11) is 0. The minimum atomic E-state index is -5.01. The molecule has 5 rings (SSSR count). The van der Waals surface area contributed by atoms with E-state index in [0.717, 1.165) is 10.6 Å². The van der Waals surface area contributed by atoms with Gasteiger partial charge in [-0.15, -0.1) is 0 Å². The van der Waals surface area contributed by atoms with E-state index >= 15 is 0 Å². The molecule has 45 heavy (non-hydrogen) atoms. The zero-order valence-corrected chi connectivity index (χ0v) is 24.8. The van der Waals surface area contributed by atoms with Crippen LogP contribution in [0.4, 0.5) is 26.3 Å². The third-order valence-electron chi connectivity index (χ3n) is 8.44. The Labute approximate surface area is 256 Å². The van der Waals surface area contributed by atoms with Crippen LogP contribution in [0.1, 0.15) is 41.2 Å². The lowest BCUT2D eigenvalue weighted by molar-refractivity contribution is -0.143. The summed E-state index contributed by atoms with van der Waals surface area (Å²) in [6.07, 6.45) is -8.75. The zero-order valence-electron chi connectivity index (χ0n) is 24.8. The molecule has 1 fully saturated rings. The predicted molar refractivity (Wildman–Crippen MR) is 154 cm³/mol. The van der Waals surface area contributed by atoms with E-state index in [-0.39, 0.29) is 43.1 Å². The van der Waals surface area contributed by atoms with Crippen molar-refractivity contribution >= 4 is 17.5 Å². The molecule has 0 bridgehead atoms. The average Bonchev–Trinajstić information content (AvgIpc) is 3.24. The first-order valence-corrected chi connectivity index (χ1v) is 14.7. The van der Waals surface area contributed by atoms with Crippen molar-refractivity contribution in [1.82, 2.24) is 20.2 Å². The maximum atomic E-state index is 13.7. The molecule has 0 radical (unpaired) electrons.